The lowest BCUT2D eigenvalue weighted by atomic mass is 10.1. The van der Waals surface area contributed by atoms with Crippen LogP contribution in [0.2, 0.25) is 10.0 Å². The predicted octanol–water partition coefficient (Wildman–Crippen LogP) is 3.93. The number of aliphatic carboxylic acids is 1. The van der Waals surface area contributed by atoms with E-state index in [1.54, 1.807) is 18.2 Å². The summed E-state index contributed by atoms with van der Waals surface area (Å²) in [6.07, 6.45) is 0.0941. The molecule has 1 N–H and O–H groups in total. The molecule has 5 heteroatoms. The minimum atomic E-state index is -0.808. The molecule has 0 aliphatic heterocycles. The molecule has 0 aliphatic carbocycles. The zero-order valence-electron chi connectivity index (χ0n) is 10.5. The Balaban J connectivity index is 2.89. The zero-order valence-corrected chi connectivity index (χ0v) is 12.0. The van der Waals surface area contributed by atoms with Crippen molar-refractivity contribution < 1.29 is 9.90 Å². The van der Waals surface area contributed by atoms with Crippen molar-refractivity contribution in [3.05, 3.63) is 28.2 Å². The van der Waals surface area contributed by atoms with Gasteiger partial charge in [-0.1, -0.05) is 37.0 Å². The second kappa shape index (κ2) is 6.86. The van der Waals surface area contributed by atoms with Crippen molar-refractivity contribution in [2.45, 2.75) is 20.3 Å². The maximum atomic E-state index is 10.7. The Morgan fingerprint density at radius 1 is 1.28 bits per heavy atom. The second-order valence-electron chi connectivity index (χ2n) is 4.61. The SMILES string of the molecule is CC(C)CN(CCC(=O)O)c1cc(Cl)cc(Cl)c1. The molecule has 1 aromatic rings. The Morgan fingerprint density at radius 2 is 1.83 bits per heavy atom. The van der Waals surface area contributed by atoms with Gasteiger partial charge in [0, 0.05) is 28.8 Å². The lowest BCUT2D eigenvalue weighted by molar-refractivity contribution is -0.136. The molecule has 0 unspecified atom stereocenters. The lowest BCUT2D eigenvalue weighted by Gasteiger charge is -2.26. The fourth-order valence-electron chi connectivity index (χ4n) is 1.72. The van der Waals surface area contributed by atoms with E-state index < -0.39 is 5.97 Å². The van der Waals surface area contributed by atoms with E-state index in [2.05, 4.69) is 13.8 Å². The van der Waals surface area contributed by atoms with Gasteiger partial charge in [0.15, 0.2) is 0 Å². The zero-order chi connectivity index (χ0) is 13.7. The van der Waals surface area contributed by atoms with Crippen LogP contribution < -0.4 is 4.90 Å². The Hall–Kier alpha value is -0.930. The maximum Gasteiger partial charge on any atom is 0.305 e. The number of anilines is 1. The fraction of sp³-hybridized carbons (Fsp3) is 0.462. The number of benzene rings is 1. The van der Waals surface area contributed by atoms with Crippen molar-refractivity contribution >= 4 is 34.9 Å². The first-order valence-electron chi connectivity index (χ1n) is 5.81. The highest BCUT2D eigenvalue weighted by molar-refractivity contribution is 6.35. The number of halogens is 2. The topological polar surface area (TPSA) is 40.5 Å². The summed E-state index contributed by atoms with van der Waals surface area (Å²) in [6.45, 7) is 5.38. The summed E-state index contributed by atoms with van der Waals surface area (Å²) in [6, 6.07) is 5.27. The van der Waals surface area contributed by atoms with Gasteiger partial charge in [0.2, 0.25) is 0 Å². The number of hydrogen-bond acceptors (Lipinski definition) is 2. The Kier molecular flexibility index (Phi) is 5.76. The van der Waals surface area contributed by atoms with Gasteiger partial charge in [-0.2, -0.15) is 0 Å². The Labute approximate surface area is 117 Å². The number of hydrogen-bond donors (Lipinski definition) is 1. The van der Waals surface area contributed by atoms with E-state index >= 15 is 0 Å². The summed E-state index contributed by atoms with van der Waals surface area (Å²) in [5.41, 5.74) is 0.863. The molecule has 18 heavy (non-hydrogen) atoms. The first-order chi connectivity index (χ1) is 8.38. The van der Waals surface area contributed by atoms with Crippen LogP contribution in [0.3, 0.4) is 0 Å². The van der Waals surface area contributed by atoms with Crippen LogP contribution in [0.4, 0.5) is 5.69 Å². The first kappa shape index (κ1) is 15.1. The molecule has 100 valence electrons. The number of nitrogens with zero attached hydrogens (tertiary/aromatic N) is 1. The average molecular weight is 290 g/mol. The number of carboxylic acid groups (broad SMARTS) is 1. The predicted molar refractivity (Wildman–Crippen MR) is 75.8 cm³/mol. The van der Waals surface area contributed by atoms with Crippen molar-refractivity contribution in [3.63, 3.8) is 0 Å². The summed E-state index contributed by atoms with van der Waals surface area (Å²) in [4.78, 5) is 12.7. The average Bonchev–Trinajstić information content (AvgIpc) is 2.22. The highest BCUT2D eigenvalue weighted by Gasteiger charge is 2.12. The standard InChI is InChI=1S/C13H17Cl2NO2/c1-9(2)8-16(4-3-13(17)18)12-6-10(14)5-11(15)7-12/h5-7,9H,3-4,8H2,1-2H3,(H,17,18). The summed E-state index contributed by atoms with van der Waals surface area (Å²) in [5, 5.41) is 9.89. The molecule has 0 aliphatic rings. The minimum absolute atomic E-state index is 0.0941. The van der Waals surface area contributed by atoms with Crippen molar-refractivity contribution in [2.75, 3.05) is 18.0 Å². The first-order valence-corrected chi connectivity index (χ1v) is 6.57. The van der Waals surface area contributed by atoms with E-state index in [-0.39, 0.29) is 6.42 Å². The lowest BCUT2D eigenvalue weighted by Crippen LogP contribution is -2.30. The fourth-order valence-corrected chi connectivity index (χ4v) is 2.23. The van der Waals surface area contributed by atoms with Gasteiger partial charge in [-0.25, -0.2) is 0 Å². The van der Waals surface area contributed by atoms with E-state index in [1.165, 1.54) is 0 Å². The largest absolute Gasteiger partial charge is 0.481 e. The van der Waals surface area contributed by atoms with Crippen molar-refractivity contribution in [1.82, 2.24) is 0 Å². The molecule has 1 rings (SSSR count). The van der Waals surface area contributed by atoms with Gasteiger partial charge >= 0.3 is 5.97 Å². The van der Waals surface area contributed by atoms with Crippen LogP contribution in [0.15, 0.2) is 18.2 Å². The molecular weight excluding hydrogens is 273 g/mol. The quantitative estimate of drug-likeness (QED) is 0.863. The molecule has 0 atom stereocenters. The molecule has 0 saturated carbocycles. The third-order valence-electron chi connectivity index (χ3n) is 2.39. The molecule has 0 bridgehead atoms. The molecule has 0 fully saturated rings. The number of rotatable bonds is 6. The van der Waals surface area contributed by atoms with Crippen molar-refractivity contribution in [1.29, 1.82) is 0 Å². The van der Waals surface area contributed by atoms with Crippen LogP contribution in [0.1, 0.15) is 20.3 Å². The van der Waals surface area contributed by atoms with Gasteiger partial charge in [0.1, 0.15) is 0 Å². The van der Waals surface area contributed by atoms with Crippen LogP contribution in [-0.2, 0) is 4.79 Å². The van der Waals surface area contributed by atoms with Crippen molar-refractivity contribution in [2.24, 2.45) is 5.92 Å². The molecule has 3 nitrogen and oxygen atoms in total. The second-order valence-corrected chi connectivity index (χ2v) is 5.48. The normalized spacial score (nSPS) is 10.7. The maximum absolute atomic E-state index is 10.7. The van der Waals surface area contributed by atoms with Crippen LogP contribution >= 0.6 is 23.2 Å². The number of carbonyl (C=O) groups is 1. The highest BCUT2D eigenvalue weighted by atomic mass is 35.5. The number of carboxylic acids is 1. The smallest absolute Gasteiger partial charge is 0.305 e. The summed E-state index contributed by atoms with van der Waals surface area (Å²) in [5.74, 6) is -0.381. The Morgan fingerprint density at radius 3 is 2.28 bits per heavy atom. The molecule has 0 heterocycles. The van der Waals surface area contributed by atoms with Gasteiger partial charge in [-0.3, -0.25) is 4.79 Å². The molecule has 0 radical (unpaired) electrons. The Bertz CT molecular complexity index is 401. The van der Waals surface area contributed by atoms with Gasteiger partial charge in [-0.15, -0.1) is 0 Å². The van der Waals surface area contributed by atoms with Crippen LogP contribution in [0.5, 0.6) is 0 Å². The third kappa shape index (κ3) is 5.15. The van der Waals surface area contributed by atoms with Gasteiger partial charge < -0.3 is 10.0 Å². The van der Waals surface area contributed by atoms with Crippen LogP contribution in [0, 0.1) is 5.92 Å². The molecule has 0 spiro atoms. The van der Waals surface area contributed by atoms with E-state index in [0.29, 0.717) is 22.5 Å². The van der Waals surface area contributed by atoms with E-state index in [1.807, 2.05) is 4.90 Å². The van der Waals surface area contributed by atoms with E-state index in [9.17, 15) is 4.79 Å². The van der Waals surface area contributed by atoms with Gasteiger partial charge in [0.25, 0.3) is 0 Å². The minimum Gasteiger partial charge on any atom is -0.481 e. The van der Waals surface area contributed by atoms with E-state index in [0.717, 1.165) is 12.2 Å². The molecule has 0 saturated heterocycles. The van der Waals surface area contributed by atoms with E-state index in [4.69, 9.17) is 28.3 Å². The monoisotopic (exact) mass is 289 g/mol. The molecule has 0 amide bonds. The third-order valence-corrected chi connectivity index (χ3v) is 2.83. The van der Waals surface area contributed by atoms with Gasteiger partial charge in [0.05, 0.1) is 6.42 Å². The molecular formula is C13H17Cl2NO2. The molecule has 0 aromatic heterocycles. The summed E-state index contributed by atoms with van der Waals surface area (Å²) < 4.78 is 0. The van der Waals surface area contributed by atoms with Gasteiger partial charge in [-0.05, 0) is 24.1 Å². The molecule has 1 aromatic carbocycles. The highest BCUT2D eigenvalue weighted by Crippen LogP contribution is 2.26. The van der Waals surface area contributed by atoms with Crippen molar-refractivity contribution in [3.8, 4) is 0 Å². The van der Waals surface area contributed by atoms with Crippen LogP contribution in [-0.4, -0.2) is 24.2 Å². The summed E-state index contributed by atoms with van der Waals surface area (Å²) >= 11 is 11.9. The van der Waals surface area contributed by atoms with Crippen LogP contribution in [0.25, 0.3) is 0 Å². The summed E-state index contributed by atoms with van der Waals surface area (Å²) in [7, 11) is 0.